The van der Waals surface area contributed by atoms with Gasteiger partial charge in [0.25, 0.3) is 11.8 Å². The molecule has 0 radical (unpaired) electrons. The molecular formula is C27H27N3O3. The third-order valence-corrected chi connectivity index (χ3v) is 5.37. The summed E-state index contributed by atoms with van der Waals surface area (Å²) < 4.78 is 5.79. The van der Waals surface area contributed by atoms with Crippen molar-refractivity contribution in [3.05, 3.63) is 95.1 Å². The Hall–Kier alpha value is -4.11. The predicted molar refractivity (Wildman–Crippen MR) is 128 cm³/mol. The van der Waals surface area contributed by atoms with Crippen LogP contribution in [0.3, 0.4) is 0 Å². The summed E-state index contributed by atoms with van der Waals surface area (Å²) in [4.78, 5) is 25.1. The number of hydrogen-bond donors (Lipinski definition) is 2. The van der Waals surface area contributed by atoms with Crippen molar-refractivity contribution >= 4 is 17.5 Å². The van der Waals surface area contributed by atoms with Crippen LogP contribution in [0.25, 0.3) is 0 Å². The maximum absolute atomic E-state index is 12.7. The lowest BCUT2D eigenvalue weighted by molar-refractivity contribution is 0.0911. The maximum Gasteiger partial charge on any atom is 0.255 e. The zero-order valence-electron chi connectivity index (χ0n) is 19.0. The Labute approximate surface area is 194 Å². The smallest absolute Gasteiger partial charge is 0.255 e. The molecule has 0 bridgehead atoms. The Bertz CT molecular complexity index is 1180. The first-order valence-corrected chi connectivity index (χ1v) is 10.8. The van der Waals surface area contributed by atoms with Gasteiger partial charge < -0.3 is 15.4 Å². The van der Waals surface area contributed by atoms with Crippen molar-refractivity contribution in [1.29, 1.82) is 5.26 Å². The Morgan fingerprint density at radius 2 is 1.67 bits per heavy atom. The molecule has 2 amide bonds. The van der Waals surface area contributed by atoms with Crippen LogP contribution in [-0.4, -0.2) is 17.4 Å². The molecule has 3 aromatic carbocycles. The fraction of sp³-hybridized carbons (Fsp3) is 0.222. The summed E-state index contributed by atoms with van der Waals surface area (Å²) in [5.74, 6) is 0.0886. The van der Waals surface area contributed by atoms with Crippen LogP contribution >= 0.6 is 0 Å². The Kier molecular flexibility index (Phi) is 7.47. The monoisotopic (exact) mass is 441 g/mol. The number of rotatable bonds is 8. The first-order valence-electron chi connectivity index (χ1n) is 10.8. The average molecular weight is 442 g/mol. The van der Waals surface area contributed by atoms with E-state index in [0.29, 0.717) is 28.1 Å². The van der Waals surface area contributed by atoms with E-state index in [2.05, 4.69) is 16.7 Å². The van der Waals surface area contributed by atoms with Crippen LogP contribution < -0.4 is 15.4 Å². The van der Waals surface area contributed by atoms with E-state index in [-0.39, 0.29) is 24.0 Å². The first-order chi connectivity index (χ1) is 15.8. The third-order valence-electron chi connectivity index (χ3n) is 5.37. The van der Waals surface area contributed by atoms with Gasteiger partial charge in [-0.1, -0.05) is 31.2 Å². The summed E-state index contributed by atoms with van der Waals surface area (Å²) >= 11 is 0. The van der Waals surface area contributed by atoms with Crippen LogP contribution in [0.2, 0.25) is 0 Å². The lowest BCUT2D eigenvalue weighted by Crippen LogP contribution is -2.42. The van der Waals surface area contributed by atoms with Crippen LogP contribution in [-0.2, 0) is 6.61 Å². The minimum absolute atomic E-state index is 0.150. The first kappa shape index (κ1) is 23.6. The number of anilines is 1. The fourth-order valence-electron chi connectivity index (χ4n) is 3.02. The molecule has 3 aromatic rings. The molecule has 6 nitrogen and oxygen atoms in total. The second-order valence-electron chi connectivity index (χ2n) is 8.31. The summed E-state index contributed by atoms with van der Waals surface area (Å²) in [5.41, 5.74) is 2.60. The SMILES string of the molecule is CCC(C)(C)NC(=O)c1ccc(NC(=O)c2cccc(OCc3ccccc3C#N)c2)cc1. The van der Waals surface area contributed by atoms with Crippen LogP contribution in [0, 0.1) is 11.3 Å². The standard InChI is InChI=1S/C27H27N3O3/c1-4-27(2,3)30-26(32)19-12-14-23(15-13-19)29-25(31)20-10-7-11-24(16-20)33-18-22-9-6-5-8-21(22)17-28/h5-16H,4,18H2,1-3H3,(H,29,31)(H,30,32). The van der Waals surface area contributed by atoms with Gasteiger partial charge in [0.1, 0.15) is 12.4 Å². The average Bonchev–Trinajstić information content (AvgIpc) is 2.83. The van der Waals surface area contributed by atoms with E-state index in [0.717, 1.165) is 12.0 Å². The Morgan fingerprint density at radius 3 is 2.36 bits per heavy atom. The molecule has 0 fully saturated rings. The molecule has 33 heavy (non-hydrogen) atoms. The second kappa shape index (κ2) is 10.5. The van der Waals surface area contributed by atoms with Crippen molar-refractivity contribution in [2.75, 3.05) is 5.32 Å². The van der Waals surface area contributed by atoms with Gasteiger partial charge in [0.15, 0.2) is 0 Å². The molecular weight excluding hydrogens is 414 g/mol. The Balaban J connectivity index is 1.62. The number of hydrogen-bond acceptors (Lipinski definition) is 4. The van der Waals surface area contributed by atoms with E-state index in [1.165, 1.54) is 0 Å². The van der Waals surface area contributed by atoms with Gasteiger partial charge >= 0.3 is 0 Å². The number of benzene rings is 3. The summed E-state index contributed by atoms with van der Waals surface area (Å²) in [6.45, 7) is 6.19. The molecule has 168 valence electrons. The third kappa shape index (κ3) is 6.44. The number of ether oxygens (including phenoxy) is 1. The number of nitrogens with one attached hydrogen (secondary N) is 2. The minimum atomic E-state index is -0.290. The predicted octanol–water partition coefficient (Wildman–Crippen LogP) is 5.31. The highest BCUT2D eigenvalue weighted by Crippen LogP contribution is 2.19. The van der Waals surface area contributed by atoms with Gasteiger partial charge in [-0.05, 0) is 68.8 Å². The highest BCUT2D eigenvalue weighted by molar-refractivity contribution is 6.04. The topological polar surface area (TPSA) is 91.2 Å². The van der Waals surface area contributed by atoms with Crippen molar-refractivity contribution in [2.45, 2.75) is 39.3 Å². The van der Waals surface area contributed by atoms with Crippen LogP contribution in [0.4, 0.5) is 5.69 Å². The highest BCUT2D eigenvalue weighted by atomic mass is 16.5. The molecule has 0 aromatic heterocycles. The van der Waals surface area contributed by atoms with Gasteiger partial charge in [-0.2, -0.15) is 5.26 Å². The van der Waals surface area contributed by atoms with E-state index in [9.17, 15) is 14.9 Å². The Morgan fingerprint density at radius 1 is 0.939 bits per heavy atom. The van der Waals surface area contributed by atoms with Crippen LogP contribution in [0.5, 0.6) is 5.75 Å². The van der Waals surface area contributed by atoms with Crippen molar-refractivity contribution in [1.82, 2.24) is 5.32 Å². The van der Waals surface area contributed by atoms with E-state index in [1.54, 1.807) is 60.7 Å². The quantitative estimate of drug-likeness (QED) is 0.496. The summed E-state index contributed by atoms with van der Waals surface area (Å²) in [6, 6.07) is 23.0. The van der Waals surface area contributed by atoms with Gasteiger partial charge in [-0.25, -0.2) is 0 Å². The fourth-order valence-corrected chi connectivity index (χ4v) is 3.02. The number of amides is 2. The largest absolute Gasteiger partial charge is 0.489 e. The molecule has 0 saturated heterocycles. The number of nitrogens with zero attached hydrogens (tertiary/aromatic N) is 1. The molecule has 3 rings (SSSR count). The highest BCUT2D eigenvalue weighted by Gasteiger charge is 2.18. The van der Waals surface area contributed by atoms with E-state index in [1.807, 2.05) is 32.9 Å². The number of nitriles is 1. The molecule has 2 N–H and O–H groups in total. The molecule has 0 aliphatic rings. The van der Waals surface area contributed by atoms with Crippen LogP contribution in [0.1, 0.15) is 59.0 Å². The lowest BCUT2D eigenvalue weighted by atomic mass is 10.0. The van der Waals surface area contributed by atoms with E-state index in [4.69, 9.17) is 4.74 Å². The number of carbonyl (C=O) groups is 2. The van der Waals surface area contributed by atoms with Crippen molar-refractivity contribution in [3.63, 3.8) is 0 Å². The number of carbonyl (C=O) groups excluding carboxylic acids is 2. The van der Waals surface area contributed by atoms with Gasteiger partial charge in [0, 0.05) is 27.9 Å². The molecule has 0 heterocycles. The molecule has 0 saturated carbocycles. The van der Waals surface area contributed by atoms with Gasteiger partial charge in [0.2, 0.25) is 0 Å². The molecule has 0 aliphatic heterocycles. The zero-order chi connectivity index (χ0) is 23.8. The second-order valence-corrected chi connectivity index (χ2v) is 8.31. The maximum atomic E-state index is 12.7. The summed E-state index contributed by atoms with van der Waals surface area (Å²) in [7, 11) is 0. The van der Waals surface area contributed by atoms with Gasteiger partial charge in [0.05, 0.1) is 11.6 Å². The van der Waals surface area contributed by atoms with Gasteiger partial charge in [-0.15, -0.1) is 0 Å². The van der Waals surface area contributed by atoms with Crippen molar-refractivity contribution < 1.29 is 14.3 Å². The van der Waals surface area contributed by atoms with E-state index < -0.39 is 0 Å². The van der Waals surface area contributed by atoms with Crippen LogP contribution in [0.15, 0.2) is 72.8 Å². The van der Waals surface area contributed by atoms with Gasteiger partial charge in [-0.3, -0.25) is 9.59 Å². The summed E-state index contributed by atoms with van der Waals surface area (Å²) in [5, 5.41) is 15.0. The molecule has 6 heteroatoms. The van der Waals surface area contributed by atoms with Crippen molar-refractivity contribution in [3.8, 4) is 11.8 Å². The van der Waals surface area contributed by atoms with E-state index >= 15 is 0 Å². The summed E-state index contributed by atoms with van der Waals surface area (Å²) in [6.07, 6.45) is 0.820. The molecule has 0 atom stereocenters. The normalized spacial score (nSPS) is 10.7. The minimum Gasteiger partial charge on any atom is -0.489 e. The molecule has 0 aliphatic carbocycles. The molecule has 0 spiro atoms. The van der Waals surface area contributed by atoms with Crippen molar-refractivity contribution in [2.24, 2.45) is 0 Å². The zero-order valence-corrected chi connectivity index (χ0v) is 19.0. The lowest BCUT2D eigenvalue weighted by Gasteiger charge is -2.24. The molecule has 0 unspecified atom stereocenters.